The first-order chi connectivity index (χ1) is 8.30. The van der Waals surface area contributed by atoms with E-state index in [0.29, 0.717) is 23.6 Å². The van der Waals surface area contributed by atoms with Crippen molar-refractivity contribution in [2.24, 2.45) is 11.7 Å². The molecule has 1 aromatic rings. The Morgan fingerprint density at radius 3 is 2.67 bits per heavy atom. The summed E-state index contributed by atoms with van der Waals surface area (Å²) in [6.07, 6.45) is 0.629. The fourth-order valence-corrected chi connectivity index (χ4v) is 2.85. The third-order valence-electron chi connectivity index (χ3n) is 2.38. The summed E-state index contributed by atoms with van der Waals surface area (Å²) in [5.74, 6) is 0.464. The van der Waals surface area contributed by atoms with E-state index >= 15 is 0 Å². The molecule has 0 fully saturated rings. The Morgan fingerprint density at radius 1 is 1.44 bits per heavy atom. The topological polar surface area (TPSA) is 72.2 Å². The molecule has 0 bridgehead atoms. The average molecular weight is 286 g/mol. The number of anilines is 1. The van der Waals surface area contributed by atoms with Crippen molar-refractivity contribution in [2.75, 3.05) is 10.5 Å². The van der Waals surface area contributed by atoms with Crippen molar-refractivity contribution in [3.05, 3.63) is 29.8 Å². The van der Waals surface area contributed by atoms with Crippen LogP contribution in [0.5, 0.6) is 0 Å². The number of nitrogens with one attached hydrogen (secondary N) is 1. The van der Waals surface area contributed by atoms with Crippen molar-refractivity contribution in [2.45, 2.75) is 20.3 Å². The summed E-state index contributed by atoms with van der Waals surface area (Å²) in [4.78, 5) is 0.248. The molecule has 18 heavy (non-hydrogen) atoms. The molecule has 6 heteroatoms. The zero-order valence-corrected chi connectivity index (χ0v) is 12.1. The lowest BCUT2D eigenvalue weighted by Crippen LogP contribution is -2.18. The number of thiocarbonyl (C=S) groups is 1. The van der Waals surface area contributed by atoms with Crippen LogP contribution in [0.2, 0.25) is 0 Å². The molecule has 0 aliphatic carbocycles. The van der Waals surface area contributed by atoms with Gasteiger partial charge >= 0.3 is 0 Å². The lowest BCUT2D eigenvalue weighted by molar-refractivity contribution is 0.578. The van der Waals surface area contributed by atoms with Crippen LogP contribution in [-0.2, 0) is 10.0 Å². The molecular formula is C12H18N2O2S2. The minimum absolute atomic E-state index is 0.113. The third kappa shape index (κ3) is 5.01. The van der Waals surface area contributed by atoms with Crippen LogP contribution >= 0.6 is 12.2 Å². The van der Waals surface area contributed by atoms with Gasteiger partial charge in [0.25, 0.3) is 0 Å². The van der Waals surface area contributed by atoms with Crippen LogP contribution < -0.4 is 10.5 Å². The molecule has 0 aromatic heterocycles. The number of nitrogens with two attached hydrogens (primary N) is 1. The molecule has 0 saturated carbocycles. The van der Waals surface area contributed by atoms with Crippen LogP contribution in [0.4, 0.5) is 5.69 Å². The monoisotopic (exact) mass is 286 g/mol. The molecule has 0 spiro atoms. The van der Waals surface area contributed by atoms with E-state index in [-0.39, 0.29) is 10.7 Å². The summed E-state index contributed by atoms with van der Waals surface area (Å²) in [5, 5.41) is 0. The van der Waals surface area contributed by atoms with Crippen molar-refractivity contribution in [1.82, 2.24) is 0 Å². The maximum atomic E-state index is 11.8. The van der Waals surface area contributed by atoms with Gasteiger partial charge in [-0.25, -0.2) is 8.42 Å². The van der Waals surface area contributed by atoms with E-state index in [9.17, 15) is 8.42 Å². The Bertz CT molecular complexity index is 525. The van der Waals surface area contributed by atoms with Gasteiger partial charge in [0.15, 0.2) is 0 Å². The summed E-state index contributed by atoms with van der Waals surface area (Å²) in [6, 6.07) is 6.77. The van der Waals surface area contributed by atoms with Crippen molar-refractivity contribution in [3.63, 3.8) is 0 Å². The van der Waals surface area contributed by atoms with Gasteiger partial charge in [0.1, 0.15) is 4.99 Å². The fourth-order valence-electron chi connectivity index (χ4n) is 1.36. The van der Waals surface area contributed by atoms with Gasteiger partial charge in [-0.05, 0) is 24.5 Å². The normalized spacial score (nSPS) is 11.5. The molecule has 1 aromatic carbocycles. The first kappa shape index (κ1) is 14.9. The Kier molecular flexibility index (Phi) is 5.10. The molecule has 0 atom stereocenters. The highest BCUT2D eigenvalue weighted by molar-refractivity contribution is 7.92. The van der Waals surface area contributed by atoms with Crippen molar-refractivity contribution in [1.29, 1.82) is 0 Å². The number of benzene rings is 1. The van der Waals surface area contributed by atoms with Gasteiger partial charge in [0, 0.05) is 11.3 Å². The highest BCUT2D eigenvalue weighted by Crippen LogP contribution is 2.13. The van der Waals surface area contributed by atoms with Gasteiger partial charge in [-0.2, -0.15) is 0 Å². The first-order valence-corrected chi connectivity index (χ1v) is 7.76. The predicted octanol–water partition coefficient (Wildman–Crippen LogP) is 2.11. The number of hydrogen-bond acceptors (Lipinski definition) is 3. The first-order valence-electron chi connectivity index (χ1n) is 5.70. The minimum Gasteiger partial charge on any atom is -0.389 e. The van der Waals surface area contributed by atoms with Crippen LogP contribution in [0.1, 0.15) is 25.8 Å². The maximum Gasteiger partial charge on any atom is 0.232 e. The smallest absolute Gasteiger partial charge is 0.232 e. The van der Waals surface area contributed by atoms with E-state index < -0.39 is 10.0 Å². The number of hydrogen-bond donors (Lipinski definition) is 2. The summed E-state index contributed by atoms with van der Waals surface area (Å²) < 4.78 is 26.1. The van der Waals surface area contributed by atoms with Gasteiger partial charge in [-0.1, -0.05) is 38.2 Å². The second kappa shape index (κ2) is 6.15. The lowest BCUT2D eigenvalue weighted by Gasteiger charge is -2.10. The molecule has 0 amide bonds. The number of sulfonamides is 1. The number of rotatable bonds is 6. The zero-order chi connectivity index (χ0) is 13.8. The molecule has 0 radical (unpaired) electrons. The van der Waals surface area contributed by atoms with E-state index in [1.54, 1.807) is 24.3 Å². The molecule has 0 aliphatic heterocycles. The Hall–Kier alpha value is -1.14. The quantitative estimate of drug-likeness (QED) is 0.786. The third-order valence-corrected chi connectivity index (χ3v) is 3.94. The van der Waals surface area contributed by atoms with Gasteiger partial charge in [0.05, 0.1) is 5.75 Å². The zero-order valence-electron chi connectivity index (χ0n) is 10.5. The van der Waals surface area contributed by atoms with Gasteiger partial charge in [0.2, 0.25) is 10.0 Å². The molecular weight excluding hydrogens is 268 g/mol. The van der Waals surface area contributed by atoms with Crippen molar-refractivity contribution >= 4 is 32.9 Å². The minimum atomic E-state index is -3.31. The van der Waals surface area contributed by atoms with E-state index in [1.165, 1.54) is 0 Å². The molecule has 0 heterocycles. The van der Waals surface area contributed by atoms with Gasteiger partial charge < -0.3 is 5.73 Å². The van der Waals surface area contributed by atoms with Crippen LogP contribution in [0.25, 0.3) is 0 Å². The predicted molar refractivity (Wildman–Crippen MR) is 79.2 cm³/mol. The van der Waals surface area contributed by atoms with E-state index in [2.05, 4.69) is 4.72 Å². The van der Waals surface area contributed by atoms with E-state index in [0.717, 1.165) is 0 Å². The van der Waals surface area contributed by atoms with Crippen molar-refractivity contribution in [3.8, 4) is 0 Å². The van der Waals surface area contributed by atoms with Crippen molar-refractivity contribution < 1.29 is 8.42 Å². The molecule has 0 saturated heterocycles. The Labute approximate surface area is 114 Å². The SMILES string of the molecule is CC(C)CCS(=O)(=O)Nc1cccc(C(N)=S)c1. The highest BCUT2D eigenvalue weighted by atomic mass is 32.2. The highest BCUT2D eigenvalue weighted by Gasteiger charge is 2.11. The largest absolute Gasteiger partial charge is 0.389 e. The van der Waals surface area contributed by atoms with Gasteiger partial charge in [-0.3, -0.25) is 4.72 Å². The summed E-state index contributed by atoms with van der Waals surface area (Å²) in [7, 11) is -3.31. The molecule has 4 nitrogen and oxygen atoms in total. The Balaban J connectivity index is 2.78. The summed E-state index contributed by atoms with van der Waals surface area (Å²) in [6.45, 7) is 3.98. The Morgan fingerprint density at radius 2 is 2.11 bits per heavy atom. The lowest BCUT2D eigenvalue weighted by atomic mass is 10.2. The fraction of sp³-hybridized carbons (Fsp3) is 0.417. The molecule has 3 N–H and O–H groups in total. The van der Waals surface area contributed by atoms with Gasteiger partial charge in [-0.15, -0.1) is 0 Å². The molecule has 0 aliphatic rings. The van der Waals surface area contributed by atoms with Crippen LogP contribution in [0.3, 0.4) is 0 Å². The maximum absolute atomic E-state index is 11.8. The second-order valence-electron chi connectivity index (χ2n) is 4.55. The summed E-state index contributed by atoms with van der Waals surface area (Å²) >= 11 is 4.85. The molecule has 0 unspecified atom stereocenters. The average Bonchev–Trinajstić information content (AvgIpc) is 2.26. The van der Waals surface area contributed by atoms with Crippen LogP contribution in [0.15, 0.2) is 24.3 Å². The summed E-state index contributed by atoms with van der Waals surface area (Å²) in [5.41, 5.74) is 6.64. The molecule has 1 rings (SSSR count). The van der Waals surface area contributed by atoms with Crippen LogP contribution in [0, 0.1) is 5.92 Å². The van der Waals surface area contributed by atoms with E-state index in [4.69, 9.17) is 18.0 Å². The van der Waals surface area contributed by atoms with E-state index in [1.807, 2.05) is 13.8 Å². The van der Waals surface area contributed by atoms with Crippen LogP contribution in [-0.4, -0.2) is 19.2 Å². The standard InChI is InChI=1S/C12H18N2O2S2/c1-9(2)6-7-18(15,16)14-11-5-3-4-10(8-11)12(13)17/h3-5,8-9,14H,6-7H2,1-2H3,(H2,13,17). The molecule has 100 valence electrons. The second-order valence-corrected chi connectivity index (χ2v) is 6.83.